The Balaban J connectivity index is 3.13. The van der Waals surface area contributed by atoms with Gasteiger partial charge in [0.15, 0.2) is 0 Å². The molecule has 1 N–H and O–H groups in total. The Kier molecular flexibility index (Phi) is 34.9. The van der Waals surface area contributed by atoms with Crippen molar-refractivity contribution in [1.82, 2.24) is 5.48 Å². The number of hydrogen-bond acceptors (Lipinski definition) is 3. The molecule has 0 saturated carbocycles. The molecule has 0 fully saturated rings. The number of hydroxylamine groups is 1. The van der Waals surface area contributed by atoms with E-state index in [-0.39, 0.29) is 5.97 Å². The molecule has 0 spiro atoms. The van der Waals surface area contributed by atoms with E-state index in [1.165, 1.54) is 180 Å². The number of nitrogens with one attached hydrogen (secondary N) is 1. The fourth-order valence-corrected chi connectivity index (χ4v) is 5.57. The summed E-state index contributed by atoms with van der Waals surface area (Å²) in [4.78, 5) is 17.0. The lowest BCUT2D eigenvalue weighted by Gasteiger charge is -2.06. The third-order valence-corrected chi connectivity index (χ3v) is 8.30. The molecular weight excluding hydrogens is 478 g/mol. The zero-order valence-corrected chi connectivity index (χ0v) is 27.2. The average Bonchev–Trinajstić information content (AvgIpc) is 2.94. The first-order chi connectivity index (χ1) is 19.3. The van der Waals surface area contributed by atoms with Crippen LogP contribution in [0.2, 0.25) is 0 Å². The average molecular weight is 552 g/mol. The first kappa shape index (κ1) is 38.4. The van der Waals surface area contributed by atoms with Gasteiger partial charge in [0.05, 0.1) is 0 Å². The molecule has 0 rings (SSSR count). The Labute approximate surface area is 246 Å². The predicted octanol–water partition coefficient (Wildman–Crippen LogP) is 12.6. The van der Waals surface area contributed by atoms with Crippen LogP contribution in [-0.2, 0) is 9.63 Å². The van der Waals surface area contributed by atoms with Crippen LogP contribution >= 0.6 is 0 Å². The van der Waals surface area contributed by atoms with Gasteiger partial charge >= 0.3 is 5.97 Å². The van der Waals surface area contributed by atoms with Gasteiger partial charge in [0.1, 0.15) is 0 Å². The molecule has 0 bridgehead atoms. The molecule has 0 aliphatic carbocycles. The highest BCUT2D eigenvalue weighted by Crippen LogP contribution is 2.15. The van der Waals surface area contributed by atoms with Crippen LogP contribution in [0.25, 0.3) is 0 Å². The van der Waals surface area contributed by atoms with E-state index in [2.05, 4.69) is 19.3 Å². The first-order valence-corrected chi connectivity index (χ1v) is 18.2. The monoisotopic (exact) mass is 552 g/mol. The largest absolute Gasteiger partial charge is 0.371 e. The number of carbonyl (C=O) groups is 1. The third-order valence-electron chi connectivity index (χ3n) is 8.30. The van der Waals surface area contributed by atoms with Crippen molar-refractivity contribution in [2.45, 2.75) is 219 Å². The number of hydrogen-bond donors (Lipinski definition) is 1. The fraction of sp³-hybridized carbons (Fsp3) is 0.972. The van der Waals surface area contributed by atoms with Crippen molar-refractivity contribution in [1.29, 1.82) is 0 Å². The summed E-state index contributed by atoms with van der Waals surface area (Å²) in [7, 11) is 0. The Hall–Kier alpha value is -0.570. The lowest BCUT2D eigenvalue weighted by Crippen LogP contribution is -2.20. The van der Waals surface area contributed by atoms with E-state index >= 15 is 0 Å². The molecule has 0 aromatic heterocycles. The van der Waals surface area contributed by atoms with Crippen molar-refractivity contribution in [2.75, 3.05) is 6.54 Å². The summed E-state index contributed by atoms with van der Waals surface area (Å²) < 4.78 is 0. The van der Waals surface area contributed by atoms with Gasteiger partial charge < -0.3 is 4.84 Å². The van der Waals surface area contributed by atoms with Crippen molar-refractivity contribution in [3.05, 3.63) is 0 Å². The van der Waals surface area contributed by atoms with Gasteiger partial charge in [0.2, 0.25) is 0 Å². The van der Waals surface area contributed by atoms with E-state index in [1.807, 2.05) is 0 Å². The minimum absolute atomic E-state index is 0.0825. The van der Waals surface area contributed by atoms with Crippen LogP contribution < -0.4 is 5.48 Å². The van der Waals surface area contributed by atoms with Gasteiger partial charge in [-0.1, -0.05) is 200 Å². The molecule has 0 heterocycles. The van der Waals surface area contributed by atoms with Gasteiger partial charge in [0.25, 0.3) is 0 Å². The summed E-state index contributed by atoms with van der Waals surface area (Å²) in [6.45, 7) is 5.37. The summed E-state index contributed by atoms with van der Waals surface area (Å²) in [6.07, 6.45) is 42.9. The standard InChI is InChI=1S/C36H73NO2/c1-3-5-7-9-11-13-15-17-18-19-20-21-22-23-24-26-28-30-32-34-36(38)39-37-35-33-31-29-27-25-16-14-12-10-8-6-4-2/h37H,3-35H2,1-2H3. The van der Waals surface area contributed by atoms with E-state index in [0.717, 1.165) is 25.8 Å². The first-order valence-electron chi connectivity index (χ1n) is 18.2. The van der Waals surface area contributed by atoms with E-state index in [0.29, 0.717) is 6.42 Å². The quantitative estimate of drug-likeness (QED) is 0.0638. The zero-order valence-electron chi connectivity index (χ0n) is 27.2. The van der Waals surface area contributed by atoms with Gasteiger partial charge in [-0.2, -0.15) is 5.48 Å². The van der Waals surface area contributed by atoms with Crippen LogP contribution in [0.1, 0.15) is 219 Å². The molecule has 3 nitrogen and oxygen atoms in total. The summed E-state index contributed by atoms with van der Waals surface area (Å²) >= 11 is 0. The lowest BCUT2D eigenvalue weighted by atomic mass is 10.0. The summed E-state index contributed by atoms with van der Waals surface area (Å²) in [5.74, 6) is -0.0825. The Morgan fingerprint density at radius 1 is 0.385 bits per heavy atom. The normalized spacial score (nSPS) is 11.3. The van der Waals surface area contributed by atoms with E-state index in [4.69, 9.17) is 4.84 Å². The molecule has 234 valence electrons. The molecule has 0 amide bonds. The summed E-state index contributed by atoms with van der Waals surface area (Å²) in [5.41, 5.74) is 2.88. The van der Waals surface area contributed by atoms with Crippen LogP contribution in [0.5, 0.6) is 0 Å². The van der Waals surface area contributed by atoms with E-state index < -0.39 is 0 Å². The highest BCUT2D eigenvalue weighted by atomic mass is 16.7. The Morgan fingerprint density at radius 3 is 0.949 bits per heavy atom. The van der Waals surface area contributed by atoms with Crippen molar-refractivity contribution < 1.29 is 9.63 Å². The zero-order chi connectivity index (χ0) is 28.3. The van der Waals surface area contributed by atoms with Crippen molar-refractivity contribution in [2.24, 2.45) is 0 Å². The SMILES string of the molecule is CCCCCCCCCCCCCCCCCCCCCC(=O)ONCCCCCCCCCCCCCC. The van der Waals surface area contributed by atoms with Crippen LogP contribution in [-0.4, -0.2) is 12.5 Å². The minimum Gasteiger partial charge on any atom is -0.371 e. The number of unbranched alkanes of at least 4 members (excludes halogenated alkanes) is 29. The van der Waals surface area contributed by atoms with Crippen molar-refractivity contribution in [3.63, 3.8) is 0 Å². The molecule has 0 aromatic carbocycles. The third kappa shape index (κ3) is 35.4. The summed E-state index contributed by atoms with van der Waals surface area (Å²) in [6, 6.07) is 0. The minimum atomic E-state index is -0.0825. The smallest absolute Gasteiger partial charge is 0.324 e. The molecule has 3 heteroatoms. The van der Waals surface area contributed by atoms with Crippen molar-refractivity contribution in [3.8, 4) is 0 Å². The molecule has 0 atom stereocenters. The maximum absolute atomic E-state index is 11.9. The van der Waals surface area contributed by atoms with Gasteiger partial charge in [-0.15, -0.1) is 0 Å². The maximum Gasteiger partial charge on any atom is 0.324 e. The van der Waals surface area contributed by atoms with Crippen molar-refractivity contribution >= 4 is 5.97 Å². The second-order valence-corrected chi connectivity index (χ2v) is 12.4. The molecule has 0 aliphatic rings. The van der Waals surface area contributed by atoms with Gasteiger partial charge in [0, 0.05) is 13.0 Å². The molecule has 0 radical (unpaired) electrons. The molecule has 0 saturated heterocycles. The van der Waals surface area contributed by atoms with E-state index in [9.17, 15) is 4.79 Å². The van der Waals surface area contributed by atoms with E-state index in [1.54, 1.807) is 0 Å². The lowest BCUT2D eigenvalue weighted by molar-refractivity contribution is -0.151. The fourth-order valence-electron chi connectivity index (χ4n) is 5.57. The van der Waals surface area contributed by atoms with Crippen LogP contribution in [0, 0.1) is 0 Å². The predicted molar refractivity (Wildman–Crippen MR) is 173 cm³/mol. The molecule has 0 unspecified atom stereocenters. The Bertz CT molecular complexity index is 453. The second-order valence-electron chi connectivity index (χ2n) is 12.4. The highest BCUT2D eigenvalue weighted by Gasteiger charge is 2.03. The van der Waals surface area contributed by atoms with Gasteiger partial charge in [-0.05, 0) is 12.8 Å². The topological polar surface area (TPSA) is 38.3 Å². The summed E-state index contributed by atoms with van der Waals surface area (Å²) in [5, 5.41) is 0. The number of carbonyl (C=O) groups excluding carboxylic acids is 1. The second kappa shape index (κ2) is 35.5. The van der Waals surface area contributed by atoms with Crippen LogP contribution in [0.15, 0.2) is 0 Å². The molecule has 0 aromatic rings. The highest BCUT2D eigenvalue weighted by molar-refractivity contribution is 5.68. The molecule has 0 aliphatic heterocycles. The Morgan fingerprint density at radius 2 is 0.641 bits per heavy atom. The van der Waals surface area contributed by atoms with Crippen LogP contribution in [0.3, 0.4) is 0 Å². The van der Waals surface area contributed by atoms with Gasteiger partial charge in [-0.3, -0.25) is 4.79 Å². The van der Waals surface area contributed by atoms with Crippen LogP contribution in [0.4, 0.5) is 0 Å². The number of rotatable bonds is 34. The van der Waals surface area contributed by atoms with Gasteiger partial charge in [-0.25, -0.2) is 0 Å². The maximum atomic E-state index is 11.9. The molecule has 39 heavy (non-hydrogen) atoms. The molecular formula is C36H73NO2.